The van der Waals surface area contributed by atoms with Crippen LogP contribution in [0.1, 0.15) is 0 Å². The summed E-state index contributed by atoms with van der Waals surface area (Å²) >= 11 is 1.45. The van der Waals surface area contributed by atoms with Crippen molar-refractivity contribution >= 4 is 29.3 Å². The number of hydrogen-bond acceptors (Lipinski definition) is 5. The lowest BCUT2D eigenvalue weighted by Crippen LogP contribution is -2.48. The van der Waals surface area contributed by atoms with Gasteiger partial charge in [0.25, 0.3) is 0 Å². The summed E-state index contributed by atoms with van der Waals surface area (Å²) in [6.45, 7) is -0.468. The third kappa shape index (κ3) is 2.42. The number of anilines is 1. The normalized spacial score (nSPS) is 19.7. The van der Waals surface area contributed by atoms with Gasteiger partial charge in [0.2, 0.25) is 5.91 Å². The van der Waals surface area contributed by atoms with Crippen LogP contribution in [0.4, 0.5) is 5.69 Å². The summed E-state index contributed by atoms with van der Waals surface area (Å²) in [5, 5.41) is 10.7. The maximum Gasteiger partial charge on any atom is 0.245 e. The van der Waals surface area contributed by atoms with Gasteiger partial charge in [-0.3, -0.25) is 4.79 Å². The van der Waals surface area contributed by atoms with E-state index >= 15 is 0 Å². The van der Waals surface area contributed by atoms with Crippen molar-refractivity contribution in [3.8, 4) is 0 Å². The van der Waals surface area contributed by atoms with Crippen LogP contribution in [0.5, 0.6) is 0 Å². The van der Waals surface area contributed by atoms with E-state index in [1.165, 1.54) is 16.7 Å². The number of carboxylic acids is 1. The molecule has 2 rings (SSSR count). The molecule has 90 valence electrons. The summed E-state index contributed by atoms with van der Waals surface area (Å²) < 4.78 is 0. The average molecular weight is 251 g/mol. The van der Waals surface area contributed by atoms with Gasteiger partial charge in [-0.25, -0.2) is 0 Å². The van der Waals surface area contributed by atoms with Crippen molar-refractivity contribution in [3.63, 3.8) is 0 Å². The minimum Gasteiger partial charge on any atom is -0.548 e. The van der Waals surface area contributed by atoms with E-state index in [-0.39, 0.29) is 5.91 Å². The number of fused-ring (bicyclic) bond motifs is 1. The third-order valence-electron chi connectivity index (χ3n) is 2.44. The van der Waals surface area contributed by atoms with Gasteiger partial charge in [0, 0.05) is 10.6 Å². The molecule has 1 unspecified atom stereocenters. The Morgan fingerprint density at radius 2 is 2.24 bits per heavy atom. The standard InChI is InChI=1S/C11H12N2O3S/c12-7-6-17-9-4-2-1-3-8(9)13(11(7)16)5-10(14)15/h1-4,7H,5-6,12H2,(H,14,15)/p-1. The second kappa shape index (κ2) is 4.77. The van der Waals surface area contributed by atoms with Crippen molar-refractivity contribution < 1.29 is 14.7 Å². The minimum atomic E-state index is -1.30. The van der Waals surface area contributed by atoms with Gasteiger partial charge in [0.1, 0.15) is 0 Å². The molecule has 0 spiro atoms. The van der Waals surface area contributed by atoms with Crippen LogP contribution in [-0.2, 0) is 9.59 Å². The molecule has 0 aromatic heterocycles. The van der Waals surface area contributed by atoms with E-state index in [4.69, 9.17) is 5.73 Å². The molecular weight excluding hydrogens is 240 g/mol. The molecule has 0 radical (unpaired) electrons. The Hall–Kier alpha value is -1.53. The fourth-order valence-electron chi connectivity index (χ4n) is 1.66. The molecule has 2 N–H and O–H groups in total. The monoisotopic (exact) mass is 251 g/mol. The molecule has 1 aliphatic heterocycles. The largest absolute Gasteiger partial charge is 0.548 e. The molecule has 1 aromatic rings. The van der Waals surface area contributed by atoms with E-state index < -0.39 is 18.6 Å². The first kappa shape index (κ1) is 11.9. The Morgan fingerprint density at radius 3 is 2.94 bits per heavy atom. The molecule has 17 heavy (non-hydrogen) atoms. The minimum absolute atomic E-state index is 0.383. The van der Waals surface area contributed by atoms with Gasteiger partial charge < -0.3 is 20.5 Å². The smallest absolute Gasteiger partial charge is 0.245 e. The number of para-hydroxylation sites is 1. The van der Waals surface area contributed by atoms with Crippen molar-refractivity contribution in [2.45, 2.75) is 10.9 Å². The van der Waals surface area contributed by atoms with Gasteiger partial charge in [-0.15, -0.1) is 11.8 Å². The maximum absolute atomic E-state index is 11.9. The molecule has 1 heterocycles. The van der Waals surface area contributed by atoms with E-state index in [0.717, 1.165) is 4.90 Å². The van der Waals surface area contributed by atoms with Crippen LogP contribution < -0.4 is 15.7 Å². The zero-order valence-electron chi connectivity index (χ0n) is 8.96. The lowest BCUT2D eigenvalue weighted by Gasteiger charge is -2.24. The van der Waals surface area contributed by atoms with E-state index in [1.807, 2.05) is 12.1 Å². The van der Waals surface area contributed by atoms with E-state index in [0.29, 0.717) is 11.4 Å². The van der Waals surface area contributed by atoms with Gasteiger partial charge >= 0.3 is 0 Å². The summed E-state index contributed by atoms with van der Waals surface area (Å²) in [5.74, 6) is -1.24. The van der Waals surface area contributed by atoms with Crippen molar-refractivity contribution in [1.82, 2.24) is 0 Å². The summed E-state index contributed by atoms with van der Waals surface area (Å²) in [4.78, 5) is 24.7. The van der Waals surface area contributed by atoms with Crippen molar-refractivity contribution in [3.05, 3.63) is 24.3 Å². The molecule has 5 nitrogen and oxygen atoms in total. The lowest BCUT2D eigenvalue weighted by atomic mass is 10.2. The molecular formula is C11H11N2O3S-. The molecule has 0 aliphatic carbocycles. The maximum atomic E-state index is 11.9. The zero-order valence-corrected chi connectivity index (χ0v) is 9.78. The zero-order chi connectivity index (χ0) is 12.4. The van der Waals surface area contributed by atoms with Crippen LogP contribution in [0, 0.1) is 0 Å². The Bertz CT molecular complexity index is 464. The highest BCUT2D eigenvalue weighted by Crippen LogP contribution is 2.33. The number of benzene rings is 1. The van der Waals surface area contributed by atoms with Gasteiger partial charge in [0.15, 0.2) is 0 Å². The number of carbonyl (C=O) groups is 2. The Kier molecular flexibility index (Phi) is 3.35. The second-order valence-corrected chi connectivity index (χ2v) is 4.74. The molecule has 1 aromatic carbocycles. The van der Waals surface area contributed by atoms with Crippen LogP contribution >= 0.6 is 11.8 Å². The number of amides is 1. The predicted octanol–water partition coefficient (Wildman–Crippen LogP) is -0.798. The molecule has 6 heteroatoms. The van der Waals surface area contributed by atoms with Crippen molar-refractivity contribution in [1.29, 1.82) is 0 Å². The lowest BCUT2D eigenvalue weighted by molar-refractivity contribution is -0.303. The van der Waals surface area contributed by atoms with Gasteiger partial charge in [-0.1, -0.05) is 12.1 Å². The first-order valence-corrected chi connectivity index (χ1v) is 6.07. The fourth-order valence-corrected chi connectivity index (χ4v) is 2.67. The average Bonchev–Trinajstić information content (AvgIpc) is 2.42. The van der Waals surface area contributed by atoms with Crippen LogP contribution in [0.3, 0.4) is 0 Å². The summed E-state index contributed by atoms with van der Waals surface area (Å²) in [5.41, 5.74) is 6.28. The SMILES string of the molecule is NC1CSc2ccccc2N(CC(=O)[O-])C1=O. The third-order valence-corrected chi connectivity index (χ3v) is 3.63. The summed E-state index contributed by atoms with van der Waals surface area (Å²) in [6.07, 6.45) is 0. The van der Waals surface area contributed by atoms with E-state index in [9.17, 15) is 14.7 Å². The number of hydrogen-bond donors (Lipinski definition) is 1. The molecule has 1 atom stereocenters. The second-order valence-electron chi connectivity index (χ2n) is 3.68. The summed E-state index contributed by atoms with van der Waals surface area (Å²) in [6, 6.07) is 6.46. The van der Waals surface area contributed by atoms with Gasteiger partial charge in [0.05, 0.1) is 24.2 Å². The number of nitrogens with zero attached hydrogens (tertiary/aromatic N) is 1. The molecule has 0 saturated heterocycles. The van der Waals surface area contributed by atoms with Crippen molar-refractivity contribution in [2.75, 3.05) is 17.2 Å². The van der Waals surface area contributed by atoms with Crippen LogP contribution in [0.15, 0.2) is 29.2 Å². The van der Waals surface area contributed by atoms with Crippen LogP contribution in [0.25, 0.3) is 0 Å². The number of nitrogens with two attached hydrogens (primary N) is 1. The molecule has 0 fully saturated rings. The fraction of sp³-hybridized carbons (Fsp3) is 0.273. The first-order chi connectivity index (χ1) is 8.09. The van der Waals surface area contributed by atoms with E-state index in [2.05, 4.69) is 0 Å². The highest BCUT2D eigenvalue weighted by molar-refractivity contribution is 7.99. The predicted molar refractivity (Wildman–Crippen MR) is 62.5 cm³/mol. The quantitative estimate of drug-likeness (QED) is 0.744. The Labute approximate surface area is 103 Å². The molecule has 1 amide bonds. The number of carbonyl (C=O) groups excluding carboxylic acids is 2. The highest BCUT2D eigenvalue weighted by Gasteiger charge is 2.27. The number of rotatable bonds is 2. The Balaban J connectivity index is 2.43. The number of aliphatic carboxylic acids is 1. The first-order valence-electron chi connectivity index (χ1n) is 5.08. The molecule has 0 bridgehead atoms. The molecule has 0 saturated carbocycles. The topological polar surface area (TPSA) is 86.5 Å². The van der Waals surface area contributed by atoms with Gasteiger partial charge in [-0.05, 0) is 12.1 Å². The Morgan fingerprint density at radius 1 is 1.53 bits per heavy atom. The summed E-state index contributed by atoms with van der Waals surface area (Å²) in [7, 11) is 0. The number of thioether (sulfide) groups is 1. The van der Waals surface area contributed by atoms with Crippen molar-refractivity contribution in [2.24, 2.45) is 5.73 Å². The highest BCUT2D eigenvalue weighted by atomic mass is 32.2. The molecule has 1 aliphatic rings. The van der Waals surface area contributed by atoms with Crippen LogP contribution in [-0.4, -0.2) is 30.2 Å². The van der Waals surface area contributed by atoms with Crippen LogP contribution in [0.2, 0.25) is 0 Å². The number of carboxylic acid groups (broad SMARTS) is 1. The van der Waals surface area contributed by atoms with Gasteiger partial charge in [-0.2, -0.15) is 0 Å². The van der Waals surface area contributed by atoms with E-state index in [1.54, 1.807) is 12.1 Å².